The molecule has 2 rings (SSSR count). The summed E-state index contributed by atoms with van der Waals surface area (Å²) in [6.07, 6.45) is 7.75. The molecule has 0 aromatic heterocycles. The van der Waals surface area contributed by atoms with Crippen LogP contribution in [-0.4, -0.2) is 6.54 Å². The second kappa shape index (κ2) is 4.60. The standard InChI is InChI=1S/C14H18ClN/c1-11-5-6-12(9-13(11)15)14(10-16)7-3-2-4-8-14/h2-3,5-6,9H,4,7-8,10,16H2,1H3. The fourth-order valence-electron chi connectivity index (χ4n) is 2.38. The molecule has 1 aliphatic rings. The van der Waals surface area contributed by atoms with E-state index in [2.05, 4.69) is 30.4 Å². The number of benzene rings is 1. The molecule has 2 heteroatoms. The Labute approximate surface area is 102 Å². The van der Waals surface area contributed by atoms with Gasteiger partial charge in [0.05, 0.1) is 0 Å². The van der Waals surface area contributed by atoms with Gasteiger partial charge < -0.3 is 5.73 Å². The van der Waals surface area contributed by atoms with Gasteiger partial charge in [0, 0.05) is 17.0 Å². The first-order valence-corrected chi connectivity index (χ1v) is 6.17. The summed E-state index contributed by atoms with van der Waals surface area (Å²) in [5.74, 6) is 0. The summed E-state index contributed by atoms with van der Waals surface area (Å²) in [6.45, 7) is 2.72. The highest BCUT2D eigenvalue weighted by Crippen LogP contribution is 2.37. The summed E-state index contributed by atoms with van der Waals surface area (Å²) in [5, 5.41) is 0.847. The average molecular weight is 236 g/mol. The lowest BCUT2D eigenvalue weighted by atomic mass is 9.72. The van der Waals surface area contributed by atoms with Gasteiger partial charge in [0.25, 0.3) is 0 Å². The molecule has 0 saturated heterocycles. The van der Waals surface area contributed by atoms with Gasteiger partial charge in [-0.25, -0.2) is 0 Å². The van der Waals surface area contributed by atoms with Crippen molar-refractivity contribution < 1.29 is 0 Å². The Kier molecular flexibility index (Phi) is 3.36. The van der Waals surface area contributed by atoms with Crippen molar-refractivity contribution in [1.29, 1.82) is 0 Å². The highest BCUT2D eigenvalue weighted by molar-refractivity contribution is 6.31. The first-order valence-electron chi connectivity index (χ1n) is 5.80. The zero-order chi connectivity index (χ0) is 11.6. The Morgan fingerprint density at radius 2 is 2.19 bits per heavy atom. The number of hydrogen-bond donors (Lipinski definition) is 1. The molecule has 0 aliphatic heterocycles. The normalized spacial score (nSPS) is 24.7. The van der Waals surface area contributed by atoms with Crippen LogP contribution in [0, 0.1) is 6.92 Å². The molecule has 0 radical (unpaired) electrons. The third kappa shape index (κ3) is 2.02. The molecule has 1 nitrogen and oxygen atoms in total. The molecule has 1 aromatic rings. The summed E-state index contributed by atoms with van der Waals surface area (Å²) in [7, 11) is 0. The van der Waals surface area contributed by atoms with Crippen LogP contribution in [0.4, 0.5) is 0 Å². The highest BCUT2D eigenvalue weighted by Gasteiger charge is 2.30. The molecular weight excluding hydrogens is 218 g/mol. The molecule has 1 aliphatic carbocycles. The molecule has 0 heterocycles. The molecule has 86 valence electrons. The van der Waals surface area contributed by atoms with E-state index in [0.29, 0.717) is 6.54 Å². The summed E-state index contributed by atoms with van der Waals surface area (Å²) in [5.41, 5.74) is 8.50. The van der Waals surface area contributed by atoms with Crippen molar-refractivity contribution in [2.45, 2.75) is 31.6 Å². The maximum atomic E-state index is 6.19. The van der Waals surface area contributed by atoms with Gasteiger partial charge in [0.1, 0.15) is 0 Å². The predicted octanol–water partition coefficient (Wildman–Crippen LogP) is 3.59. The van der Waals surface area contributed by atoms with E-state index < -0.39 is 0 Å². The van der Waals surface area contributed by atoms with Crippen LogP contribution in [0.15, 0.2) is 30.4 Å². The third-order valence-corrected chi connectivity index (χ3v) is 4.05. The highest BCUT2D eigenvalue weighted by atomic mass is 35.5. The van der Waals surface area contributed by atoms with Crippen LogP contribution in [0.25, 0.3) is 0 Å². The van der Waals surface area contributed by atoms with Crippen LogP contribution in [0.3, 0.4) is 0 Å². The Morgan fingerprint density at radius 3 is 2.75 bits per heavy atom. The molecule has 1 unspecified atom stereocenters. The Balaban J connectivity index is 2.40. The van der Waals surface area contributed by atoms with Crippen molar-refractivity contribution in [2.75, 3.05) is 6.54 Å². The van der Waals surface area contributed by atoms with E-state index in [4.69, 9.17) is 17.3 Å². The monoisotopic (exact) mass is 235 g/mol. The zero-order valence-corrected chi connectivity index (χ0v) is 10.4. The van der Waals surface area contributed by atoms with E-state index in [1.807, 2.05) is 6.92 Å². The molecule has 2 N–H and O–H groups in total. The molecule has 0 saturated carbocycles. The van der Waals surface area contributed by atoms with Crippen LogP contribution in [0.2, 0.25) is 5.02 Å². The Hall–Kier alpha value is -0.790. The van der Waals surface area contributed by atoms with Crippen LogP contribution in [0.1, 0.15) is 30.4 Å². The molecule has 16 heavy (non-hydrogen) atoms. The smallest absolute Gasteiger partial charge is 0.0438 e. The van der Waals surface area contributed by atoms with Crippen molar-refractivity contribution in [3.8, 4) is 0 Å². The molecule has 0 bridgehead atoms. The van der Waals surface area contributed by atoms with Crippen molar-refractivity contribution in [3.63, 3.8) is 0 Å². The predicted molar refractivity (Wildman–Crippen MR) is 69.9 cm³/mol. The van der Waals surface area contributed by atoms with Gasteiger partial charge in [-0.3, -0.25) is 0 Å². The van der Waals surface area contributed by atoms with Crippen LogP contribution >= 0.6 is 11.6 Å². The Bertz CT molecular complexity index is 411. The second-order valence-corrected chi connectivity index (χ2v) is 5.07. The van der Waals surface area contributed by atoms with Crippen molar-refractivity contribution in [2.24, 2.45) is 5.73 Å². The van der Waals surface area contributed by atoms with Gasteiger partial charge in [0.2, 0.25) is 0 Å². The number of allylic oxidation sites excluding steroid dienone is 2. The van der Waals surface area contributed by atoms with Crippen molar-refractivity contribution >= 4 is 11.6 Å². The summed E-state index contributed by atoms with van der Waals surface area (Å²) in [4.78, 5) is 0. The molecular formula is C14H18ClN. The maximum absolute atomic E-state index is 6.19. The number of aryl methyl sites for hydroxylation is 1. The lowest BCUT2D eigenvalue weighted by Crippen LogP contribution is -2.35. The van der Waals surface area contributed by atoms with Crippen molar-refractivity contribution in [1.82, 2.24) is 0 Å². The summed E-state index contributed by atoms with van der Waals surface area (Å²) >= 11 is 6.19. The van der Waals surface area contributed by atoms with E-state index in [0.717, 1.165) is 29.8 Å². The molecule has 1 aromatic carbocycles. The second-order valence-electron chi connectivity index (χ2n) is 4.66. The van der Waals surface area contributed by atoms with Gasteiger partial charge >= 0.3 is 0 Å². The third-order valence-electron chi connectivity index (χ3n) is 3.64. The first-order chi connectivity index (χ1) is 7.68. The number of hydrogen-bond acceptors (Lipinski definition) is 1. The minimum Gasteiger partial charge on any atom is -0.330 e. The van der Waals surface area contributed by atoms with E-state index in [1.54, 1.807) is 0 Å². The van der Waals surface area contributed by atoms with E-state index in [9.17, 15) is 0 Å². The lowest BCUT2D eigenvalue weighted by Gasteiger charge is -2.34. The van der Waals surface area contributed by atoms with Crippen LogP contribution in [0.5, 0.6) is 0 Å². The van der Waals surface area contributed by atoms with E-state index in [1.165, 1.54) is 5.56 Å². The molecule has 0 spiro atoms. The molecule has 0 fully saturated rings. The average Bonchev–Trinajstić information content (AvgIpc) is 2.33. The van der Waals surface area contributed by atoms with Gasteiger partial charge in [-0.05, 0) is 43.4 Å². The molecule has 1 atom stereocenters. The van der Waals surface area contributed by atoms with E-state index >= 15 is 0 Å². The largest absolute Gasteiger partial charge is 0.330 e. The first kappa shape index (κ1) is 11.7. The fourth-order valence-corrected chi connectivity index (χ4v) is 2.56. The number of halogens is 1. The Morgan fingerprint density at radius 1 is 1.38 bits per heavy atom. The number of nitrogens with two attached hydrogens (primary N) is 1. The molecule has 0 amide bonds. The fraction of sp³-hybridized carbons (Fsp3) is 0.429. The van der Waals surface area contributed by atoms with Crippen molar-refractivity contribution in [3.05, 3.63) is 46.5 Å². The number of rotatable bonds is 2. The quantitative estimate of drug-likeness (QED) is 0.779. The van der Waals surface area contributed by atoms with Crippen LogP contribution < -0.4 is 5.73 Å². The zero-order valence-electron chi connectivity index (χ0n) is 9.67. The van der Waals surface area contributed by atoms with E-state index in [-0.39, 0.29) is 5.41 Å². The lowest BCUT2D eigenvalue weighted by molar-refractivity contribution is 0.398. The maximum Gasteiger partial charge on any atom is 0.0438 e. The van der Waals surface area contributed by atoms with Gasteiger partial charge in [-0.2, -0.15) is 0 Å². The SMILES string of the molecule is Cc1ccc(C2(CN)CC=CCC2)cc1Cl. The van der Waals surface area contributed by atoms with Gasteiger partial charge in [0.15, 0.2) is 0 Å². The van der Waals surface area contributed by atoms with Gasteiger partial charge in [-0.1, -0.05) is 35.9 Å². The summed E-state index contributed by atoms with van der Waals surface area (Å²) in [6, 6.07) is 6.35. The minimum absolute atomic E-state index is 0.103. The topological polar surface area (TPSA) is 26.0 Å². The minimum atomic E-state index is 0.103. The van der Waals surface area contributed by atoms with Gasteiger partial charge in [-0.15, -0.1) is 0 Å². The summed E-state index contributed by atoms with van der Waals surface area (Å²) < 4.78 is 0. The van der Waals surface area contributed by atoms with Crippen LogP contribution in [-0.2, 0) is 5.41 Å².